The van der Waals surface area contributed by atoms with Crippen LogP contribution in [-0.4, -0.2) is 30.2 Å². The first kappa shape index (κ1) is 14.8. The first-order chi connectivity index (χ1) is 10.1. The molecule has 2 rings (SSSR count). The van der Waals surface area contributed by atoms with Gasteiger partial charge in [-0.25, -0.2) is 14.2 Å². The van der Waals surface area contributed by atoms with Crippen LogP contribution in [0.4, 0.5) is 9.18 Å². The van der Waals surface area contributed by atoms with Gasteiger partial charge in [-0.3, -0.25) is 9.47 Å². The number of ketones is 1. The molecule has 0 unspecified atom stereocenters. The summed E-state index contributed by atoms with van der Waals surface area (Å²) in [5.41, 5.74) is 0.130. The highest BCUT2D eigenvalue weighted by Gasteiger charge is 2.21. The summed E-state index contributed by atoms with van der Waals surface area (Å²) in [6.07, 6.45) is 0.932. The number of ether oxygens (including phenoxy) is 1. The standard InChI is InChI=1S/C15H15FN2O3/c1-3-21-15(20)17(2)18-10-6-9-13(18)14(19)11-7-4-5-8-12(11)16/h4-10H,3H2,1-2H3. The Balaban J connectivity index is 2.35. The zero-order valence-electron chi connectivity index (χ0n) is 11.7. The van der Waals surface area contributed by atoms with Crippen molar-refractivity contribution in [1.82, 2.24) is 4.68 Å². The lowest BCUT2D eigenvalue weighted by molar-refractivity contribution is 0.102. The number of nitrogens with zero attached hydrogens (tertiary/aromatic N) is 2. The topological polar surface area (TPSA) is 51.5 Å². The number of carbonyl (C=O) groups is 2. The Bertz CT molecular complexity index is 666. The van der Waals surface area contributed by atoms with Crippen molar-refractivity contribution in [3.63, 3.8) is 0 Å². The molecule has 5 nitrogen and oxygen atoms in total. The minimum Gasteiger partial charge on any atom is -0.448 e. The molecular formula is C15H15FN2O3. The number of rotatable bonds is 4. The summed E-state index contributed by atoms with van der Waals surface area (Å²) in [4.78, 5) is 24.1. The summed E-state index contributed by atoms with van der Waals surface area (Å²) in [6.45, 7) is 1.91. The van der Waals surface area contributed by atoms with E-state index in [-0.39, 0.29) is 17.9 Å². The third-order valence-corrected chi connectivity index (χ3v) is 2.93. The smallest absolute Gasteiger partial charge is 0.428 e. The second kappa shape index (κ2) is 6.21. The van der Waals surface area contributed by atoms with Crippen molar-refractivity contribution in [2.75, 3.05) is 18.7 Å². The van der Waals surface area contributed by atoms with Crippen LogP contribution in [0.1, 0.15) is 23.0 Å². The highest BCUT2D eigenvalue weighted by atomic mass is 19.1. The number of benzene rings is 1. The molecule has 0 radical (unpaired) electrons. The molecule has 1 heterocycles. The van der Waals surface area contributed by atoms with Gasteiger partial charge in [0.2, 0.25) is 5.78 Å². The maximum Gasteiger partial charge on any atom is 0.428 e. The summed E-state index contributed by atoms with van der Waals surface area (Å²) in [5.74, 6) is -1.11. The lowest BCUT2D eigenvalue weighted by atomic mass is 10.1. The molecule has 1 amide bonds. The average molecular weight is 290 g/mol. The second-order valence-electron chi connectivity index (χ2n) is 4.27. The fourth-order valence-electron chi connectivity index (χ4n) is 1.90. The number of hydrogen-bond donors (Lipinski definition) is 0. The van der Waals surface area contributed by atoms with Crippen molar-refractivity contribution in [2.24, 2.45) is 0 Å². The predicted molar refractivity (Wildman–Crippen MR) is 75.4 cm³/mol. The zero-order valence-corrected chi connectivity index (χ0v) is 11.7. The van der Waals surface area contributed by atoms with Gasteiger partial charge in [-0.15, -0.1) is 0 Å². The van der Waals surface area contributed by atoms with Crippen LogP contribution in [0, 0.1) is 5.82 Å². The molecule has 0 aliphatic rings. The Morgan fingerprint density at radius 2 is 1.95 bits per heavy atom. The molecule has 0 saturated carbocycles. The quantitative estimate of drug-likeness (QED) is 0.813. The summed E-state index contributed by atoms with van der Waals surface area (Å²) in [6, 6.07) is 8.83. The van der Waals surface area contributed by atoms with Crippen LogP contribution in [0.3, 0.4) is 0 Å². The van der Waals surface area contributed by atoms with Crippen LogP contribution in [0.5, 0.6) is 0 Å². The second-order valence-corrected chi connectivity index (χ2v) is 4.27. The van der Waals surface area contributed by atoms with Crippen molar-refractivity contribution in [1.29, 1.82) is 0 Å². The molecule has 0 aliphatic heterocycles. The Kier molecular flexibility index (Phi) is 4.37. The number of amides is 1. The zero-order chi connectivity index (χ0) is 15.4. The Morgan fingerprint density at radius 1 is 1.24 bits per heavy atom. The Morgan fingerprint density at radius 3 is 2.62 bits per heavy atom. The first-order valence-electron chi connectivity index (χ1n) is 6.43. The van der Waals surface area contributed by atoms with E-state index in [1.807, 2.05) is 0 Å². The number of aromatic nitrogens is 1. The van der Waals surface area contributed by atoms with Crippen molar-refractivity contribution in [3.05, 3.63) is 59.7 Å². The molecule has 0 aliphatic carbocycles. The minimum absolute atomic E-state index is 0.0466. The van der Waals surface area contributed by atoms with E-state index in [2.05, 4.69) is 0 Å². The van der Waals surface area contributed by atoms with Crippen LogP contribution < -0.4 is 5.01 Å². The van der Waals surface area contributed by atoms with Crippen molar-refractivity contribution in [3.8, 4) is 0 Å². The number of hydrogen-bond acceptors (Lipinski definition) is 3. The fourth-order valence-corrected chi connectivity index (χ4v) is 1.90. The van der Waals surface area contributed by atoms with E-state index in [1.54, 1.807) is 19.1 Å². The largest absolute Gasteiger partial charge is 0.448 e. The van der Waals surface area contributed by atoms with Gasteiger partial charge in [0, 0.05) is 13.2 Å². The van der Waals surface area contributed by atoms with Gasteiger partial charge in [-0.2, -0.15) is 0 Å². The van der Waals surface area contributed by atoms with Gasteiger partial charge in [0.25, 0.3) is 0 Å². The first-order valence-corrected chi connectivity index (χ1v) is 6.43. The van der Waals surface area contributed by atoms with Crippen LogP contribution in [0.2, 0.25) is 0 Å². The molecule has 6 heteroatoms. The molecule has 0 fully saturated rings. The summed E-state index contributed by atoms with van der Waals surface area (Å²) in [5, 5.41) is 1.15. The minimum atomic E-state index is -0.603. The molecule has 110 valence electrons. The lowest BCUT2D eigenvalue weighted by Crippen LogP contribution is -2.38. The van der Waals surface area contributed by atoms with E-state index in [9.17, 15) is 14.0 Å². The van der Waals surface area contributed by atoms with Crippen LogP contribution >= 0.6 is 0 Å². The molecular weight excluding hydrogens is 275 g/mol. The molecule has 0 N–H and O–H groups in total. The highest BCUT2D eigenvalue weighted by molar-refractivity contribution is 6.08. The lowest BCUT2D eigenvalue weighted by Gasteiger charge is -2.20. The van der Waals surface area contributed by atoms with Gasteiger partial charge in [-0.1, -0.05) is 12.1 Å². The third kappa shape index (κ3) is 2.94. The van der Waals surface area contributed by atoms with Crippen molar-refractivity contribution in [2.45, 2.75) is 6.92 Å². The predicted octanol–water partition coefficient (Wildman–Crippen LogP) is 2.58. The molecule has 1 aromatic carbocycles. The monoisotopic (exact) mass is 290 g/mol. The normalized spacial score (nSPS) is 10.2. The van der Waals surface area contributed by atoms with E-state index in [0.717, 1.165) is 5.01 Å². The van der Waals surface area contributed by atoms with Crippen molar-refractivity contribution < 1.29 is 18.7 Å². The van der Waals surface area contributed by atoms with Gasteiger partial charge in [0.05, 0.1) is 12.2 Å². The molecule has 0 spiro atoms. The van der Waals surface area contributed by atoms with Crippen LogP contribution in [-0.2, 0) is 4.74 Å². The molecule has 0 bridgehead atoms. The third-order valence-electron chi connectivity index (χ3n) is 2.93. The van der Waals surface area contributed by atoms with Crippen LogP contribution in [0.25, 0.3) is 0 Å². The van der Waals surface area contributed by atoms with E-state index in [0.29, 0.717) is 0 Å². The van der Waals surface area contributed by atoms with Gasteiger partial charge < -0.3 is 4.74 Å². The van der Waals surface area contributed by atoms with Crippen LogP contribution in [0.15, 0.2) is 42.6 Å². The molecule has 0 saturated heterocycles. The van der Waals surface area contributed by atoms with Gasteiger partial charge in [0.15, 0.2) is 0 Å². The van der Waals surface area contributed by atoms with Gasteiger partial charge >= 0.3 is 6.09 Å². The summed E-state index contributed by atoms with van der Waals surface area (Å²) in [7, 11) is 1.47. The van der Waals surface area contributed by atoms with E-state index < -0.39 is 17.7 Å². The van der Waals surface area contributed by atoms with Gasteiger partial charge in [0.1, 0.15) is 11.5 Å². The Hall–Kier alpha value is -2.63. The molecule has 0 atom stereocenters. The summed E-state index contributed by atoms with van der Waals surface area (Å²) >= 11 is 0. The maximum absolute atomic E-state index is 13.7. The summed E-state index contributed by atoms with van der Waals surface area (Å²) < 4.78 is 19.9. The van der Waals surface area contributed by atoms with E-state index >= 15 is 0 Å². The van der Waals surface area contributed by atoms with Crippen molar-refractivity contribution >= 4 is 11.9 Å². The molecule has 1 aromatic heterocycles. The Labute approximate surface area is 121 Å². The number of halogens is 1. The highest BCUT2D eigenvalue weighted by Crippen LogP contribution is 2.14. The molecule has 21 heavy (non-hydrogen) atoms. The fraction of sp³-hybridized carbons (Fsp3) is 0.200. The van der Waals surface area contributed by atoms with E-state index in [1.165, 1.54) is 42.2 Å². The van der Waals surface area contributed by atoms with Gasteiger partial charge in [-0.05, 0) is 31.2 Å². The SMILES string of the molecule is CCOC(=O)N(C)n1cccc1C(=O)c1ccccc1F. The van der Waals surface area contributed by atoms with E-state index in [4.69, 9.17) is 4.74 Å². The average Bonchev–Trinajstić information content (AvgIpc) is 2.96. The number of carbonyl (C=O) groups excluding carboxylic acids is 2. The molecule has 2 aromatic rings. The maximum atomic E-state index is 13.7.